The summed E-state index contributed by atoms with van der Waals surface area (Å²) in [5.41, 5.74) is 1.89. The molecule has 1 aromatic carbocycles. The van der Waals surface area contributed by atoms with Gasteiger partial charge in [0.05, 0.1) is 12.0 Å². The molecular formula is C10H14N2O3. The topological polar surface area (TPSA) is 64.4 Å². The molecule has 0 saturated carbocycles. The Morgan fingerprint density at radius 2 is 2.20 bits per heavy atom. The van der Waals surface area contributed by atoms with Crippen molar-refractivity contribution < 1.29 is 9.66 Å². The minimum absolute atomic E-state index is 0.00773. The van der Waals surface area contributed by atoms with Gasteiger partial charge in [-0.05, 0) is 31.2 Å². The maximum Gasteiger partial charge on any atom is 0.311 e. The fraction of sp³-hybridized carbons (Fsp3) is 0.400. The van der Waals surface area contributed by atoms with Gasteiger partial charge >= 0.3 is 5.69 Å². The molecule has 1 aromatic rings. The molecule has 0 atom stereocenters. The maximum absolute atomic E-state index is 10.8. The average Bonchev–Trinajstić information content (AvgIpc) is 2.20. The summed E-state index contributed by atoms with van der Waals surface area (Å²) in [6, 6.07) is 3.23. The largest absolute Gasteiger partial charge is 0.490 e. The molecule has 1 rings (SSSR count). The second kappa shape index (κ2) is 4.75. The van der Waals surface area contributed by atoms with Crippen LogP contribution in [0.5, 0.6) is 5.75 Å². The van der Waals surface area contributed by atoms with Crippen LogP contribution in [-0.4, -0.2) is 19.1 Å². The van der Waals surface area contributed by atoms with Crippen molar-refractivity contribution in [3.05, 3.63) is 33.4 Å². The Bertz CT molecular complexity index is 377. The lowest BCUT2D eigenvalue weighted by Gasteiger charge is -2.08. The van der Waals surface area contributed by atoms with Crippen LogP contribution in [0.15, 0.2) is 12.1 Å². The molecule has 5 nitrogen and oxygen atoms in total. The Morgan fingerprint density at radius 1 is 1.53 bits per heavy atom. The average molecular weight is 210 g/mol. The number of ether oxygens (including phenoxy) is 1. The number of methoxy groups -OCH3 is 1. The third-order valence-electron chi connectivity index (χ3n) is 2.20. The zero-order valence-corrected chi connectivity index (χ0v) is 9.03. The van der Waals surface area contributed by atoms with Crippen LogP contribution >= 0.6 is 0 Å². The quantitative estimate of drug-likeness (QED) is 0.606. The molecule has 5 heteroatoms. The van der Waals surface area contributed by atoms with Crippen LogP contribution in [0.1, 0.15) is 11.1 Å². The minimum atomic E-state index is -0.433. The SMILES string of the molecule is CNCc1cc([N+](=O)[O-])c(OC)cc1C. The van der Waals surface area contributed by atoms with Crippen LogP contribution in [0, 0.1) is 17.0 Å². The van der Waals surface area contributed by atoms with Crippen LogP contribution < -0.4 is 10.1 Å². The van der Waals surface area contributed by atoms with E-state index in [2.05, 4.69) is 5.32 Å². The van der Waals surface area contributed by atoms with Gasteiger partial charge in [-0.1, -0.05) is 0 Å². The Balaban J connectivity index is 3.23. The summed E-state index contributed by atoms with van der Waals surface area (Å²) in [6.07, 6.45) is 0. The number of nitrogens with zero attached hydrogens (tertiary/aromatic N) is 1. The first-order chi connectivity index (χ1) is 7.10. The summed E-state index contributed by atoms with van der Waals surface area (Å²) in [5, 5.41) is 13.7. The highest BCUT2D eigenvalue weighted by Gasteiger charge is 2.16. The molecule has 0 radical (unpaired) electrons. The van der Waals surface area contributed by atoms with E-state index in [-0.39, 0.29) is 5.69 Å². The lowest BCUT2D eigenvalue weighted by Crippen LogP contribution is -2.07. The van der Waals surface area contributed by atoms with Gasteiger partial charge < -0.3 is 10.1 Å². The second-order valence-corrected chi connectivity index (χ2v) is 3.24. The highest BCUT2D eigenvalue weighted by Crippen LogP contribution is 2.29. The molecule has 0 bridgehead atoms. The minimum Gasteiger partial charge on any atom is -0.490 e. The second-order valence-electron chi connectivity index (χ2n) is 3.24. The first kappa shape index (κ1) is 11.5. The monoisotopic (exact) mass is 210 g/mol. The smallest absolute Gasteiger partial charge is 0.311 e. The first-order valence-corrected chi connectivity index (χ1v) is 4.56. The van der Waals surface area contributed by atoms with Gasteiger partial charge in [0.1, 0.15) is 0 Å². The van der Waals surface area contributed by atoms with Gasteiger partial charge in [0.15, 0.2) is 5.75 Å². The van der Waals surface area contributed by atoms with E-state index in [0.29, 0.717) is 12.3 Å². The van der Waals surface area contributed by atoms with E-state index in [1.165, 1.54) is 7.11 Å². The summed E-state index contributed by atoms with van der Waals surface area (Å²) in [6.45, 7) is 2.51. The Morgan fingerprint density at radius 3 is 2.67 bits per heavy atom. The summed E-state index contributed by atoms with van der Waals surface area (Å²) in [4.78, 5) is 10.3. The highest BCUT2D eigenvalue weighted by molar-refractivity contribution is 5.51. The molecule has 15 heavy (non-hydrogen) atoms. The van der Waals surface area contributed by atoms with Crippen molar-refractivity contribution in [2.24, 2.45) is 0 Å². The van der Waals surface area contributed by atoms with Gasteiger partial charge in [0.25, 0.3) is 0 Å². The zero-order chi connectivity index (χ0) is 11.4. The summed E-state index contributed by atoms with van der Waals surface area (Å²) < 4.78 is 4.96. The van der Waals surface area contributed by atoms with Crippen molar-refractivity contribution in [2.45, 2.75) is 13.5 Å². The van der Waals surface area contributed by atoms with Crippen LogP contribution in [0.4, 0.5) is 5.69 Å². The molecule has 0 saturated heterocycles. The van der Waals surface area contributed by atoms with E-state index < -0.39 is 4.92 Å². The lowest BCUT2D eigenvalue weighted by molar-refractivity contribution is -0.385. The zero-order valence-electron chi connectivity index (χ0n) is 9.03. The molecule has 0 aliphatic rings. The third kappa shape index (κ3) is 2.44. The number of nitro groups is 1. The number of hydrogen-bond acceptors (Lipinski definition) is 4. The third-order valence-corrected chi connectivity index (χ3v) is 2.20. The molecule has 0 aromatic heterocycles. The molecular weight excluding hydrogens is 196 g/mol. The van der Waals surface area contributed by atoms with E-state index in [0.717, 1.165) is 11.1 Å². The van der Waals surface area contributed by atoms with Crippen molar-refractivity contribution in [1.29, 1.82) is 0 Å². The number of rotatable bonds is 4. The molecule has 1 N–H and O–H groups in total. The van der Waals surface area contributed by atoms with Crippen molar-refractivity contribution in [3.63, 3.8) is 0 Å². The molecule has 0 aliphatic heterocycles. The normalized spacial score (nSPS) is 10.1. The summed E-state index contributed by atoms with van der Waals surface area (Å²) in [7, 11) is 3.23. The van der Waals surface area contributed by atoms with Gasteiger partial charge in [-0.3, -0.25) is 10.1 Å². The lowest BCUT2D eigenvalue weighted by atomic mass is 10.1. The molecule has 0 unspecified atom stereocenters. The van der Waals surface area contributed by atoms with Crippen molar-refractivity contribution in [3.8, 4) is 5.75 Å². The fourth-order valence-electron chi connectivity index (χ4n) is 1.40. The van der Waals surface area contributed by atoms with E-state index in [4.69, 9.17) is 4.74 Å². The van der Waals surface area contributed by atoms with Crippen molar-refractivity contribution in [2.75, 3.05) is 14.2 Å². The molecule has 0 heterocycles. The van der Waals surface area contributed by atoms with Gasteiger partial charge in [-0.2, -0.15) is 0 Å². The molecule has 82 valence electrons. The molecule has 0 spiro atoms. The van der Waals surface area contributed by atoms with Crippen molar-refractivity contribution in [1.82, 2.24) is 5.32 Å². The van der Waals surface area contributed by atoms with Crippen LogP contribution in [-0.2, 0) is 6.54 Å². The first-order valence-electron chi connectivity index (χ1n) is 4.56. The van der Waals surface area contributed by atoms with Gasteiger partial charge in [-0.15, -0.1) is 0 Å². The van der Waals surface area contributed by atoms with E-state index in [1.54, 1.807) is 19.2 Å². The van der Waals surface area contributed by atoms with Crippen LogP contribution in [0.3, 0.4) is 0 Å². The number of aryl methyl sites for hydroxylation is 1. The number of benzene rings is 1. The molecule has 0 amide bonds. The summed E-state index contributed by atoms with van der Waals surface area (Å²) in [5.74, 6) is 0.303. The van der Waals surface area contributed by atoms with Crippen LogP contribution in [0.25, 0.3) is 0 Å². The van der Waals surface area contributed by atoms with E-state index >= 15 is 0 Å². The van der Waals surface area contributed by atoms with E-state index in [1.807, 2.05) is 6.92 Å². The standard InChI is InChI=1S/C10H14N2O3/c1-7-4-10(15-3)9(12(13)14)5-8(7)6-11-2/h4-5,11H,6H2,1-3H3. The van der Waals surface area contributed by atoms with Gasteiger partial charge in [0, 0.05) is 12.6 Å². The number of hydrogen-bond donors (Lipinski definition) is 1. The molecule has 0 aliphatic carbocycles. The Kier molecular flexibility index (Phi) is 3.62. The van der Waals surface area contributed by atoms with Gasteiger partial charge in [0.2, 0.25) is 0 Å². The molecule has 0 fully saturated rings. The number of nitrogens with one attached hydrogen (secondary N) is 1. The number of nitro benzene ring substituents is 1. The van der Waals surface area contributed by atoms with E-state index in [9.17, 15) is 10.1 Å². The Hall–Kier alpha value is -1.62. The van der Waals surface area contributed by atoms with Crippen LogP contribution in [0.2, 0.25) is 0 Å². The van der Waals surface area contributed by atoms with Gasteiger partial charge in [-0.25, -0.2) is 0 Å². The fourth-order valence-corrected chi connectivity index (χ4v) is 1.40. The summed E-state index contributed by atoms with van der Waals surface area (Å²) >= 11 is 0. The van der Waals surface area contributed by atoms with Crippen molar-refractivity contribution >= 4 is 5.69 Å². The maximum atomic E-state index is 10.8. The predicted octanol–water partition coefficient (Wildman–Crippen LogP) is 1.63. The highest BCUT2D eigenvalue weighted by atomic mass is 16.6. The Labute approximate surface area is 88.2 Å². The predicted molar refractivity (Wildman–Crippen MR) is 57.1 cm³/mol.